The van der Waals surface area contributed by atoms with Crippen molar-refractivity contribution in [2.24, 2.45) is 11.8 Å². The molecule has 0 radical (unpaired) electrons. The highest BCUT2D eigenvalue weighted by atomic mass is 16.6. The van der Waals surface area contributed by atoms with Crippen LogP contribution in [0, 0.1) is 11.8 Å². The molecule has 0 bridgehead atoms. The fourth-order valence-electron chi connectivity index (χ4n) is 1.45. The van der Waals surface area contributed by atoms with Gasteiger partial charge in [-0.25, -0.2) is 0 Å². The van der Waals surface area contributed by atoms with Crippen molar-refractivity contribution in [1.82, 2.24) is 0 Å². The first kappa shape index (κ1) is 18.0. The number of benzene rings is 1. The van der Waals surface area contributed by atoms with Gasteiger partial charge in [0, 0.05) is 0 Å². The summed E-state index contributed by atoms with van der Waals surface area (Å²) < 4.78 is 16.3. The smallest absolute Gasteiger partial charge is 0.314 e. The maximum atomic E-state index is 11.9. The SMILES string of the molecule is CCCOc1cccc(OC(=O)C(C)C)c1OC(=O)C(C)C. The maximum absolute atomic E-state index is 11.9. The van der Waals surface area contributed by atoms with E-state index in [9.17, 15) is 9.59 Å². The van der Waals surface area contributed by atoms with E-state index in [1.807, 2.05) is 6.92 Å². The van der Waals surface area contributed by atoms with Crippen molar-refractivity contribution in [3.05, 3.63) is 18.2 Å². The van der Waals surface area contributed by atoms with Crippen LogP contribution in [-0.4, -0.2) is 18.5 Å². The van der Waals surface area contributed by atoms with Crippen molar-refractivity contribution in [3.8, 4) is 17.2 Å². The summed E-state index contributed by atoms with van der Waals surface area (Å²) in [6, 6.07) is 4.97. The first-order chi connectivity index (χ1) is 10.4. The minimum atomic E-state index is -0.408. The molecule has 122 valence electrons. The van der Waals surface area contributed by atoms with Crippen LogP contribution < -0.4 is 14.2 Å². The van der Waals surface area contributed by atoms with Gasteiger partial charge >= 0.3 is 11.9 Å². The van der Waals surface area contributed by atoms with E-state index >= 15 is 0 Å². The molecule has 0 saturated carbocycles. The lowest BCUT2D eigenvalue weighted by atomic mass is 10.2. The number of esters is 2. The molecule has 1 aromatic rings. The summed E-state index contributed by atoms with van der Waals surface area (Å²) in [4.78, 5) is 23.7. The number of rotatable bonds is 7. The van der Waals surface area contributed by atoms with Gasteiger partial charge in [-0.05, 0) is 18.6 Å². The number of carbonyl (C=O) groups is 2. The highest BCUT2D eigenvalue weighted by Crippen LogP contribution is 2.38. The standard InChI is InChI=1S/C17H24O5/c1-6-10-20-13-8-7-9-14(21-16(18)11(2)3)15(13)22-17(19)12(4)5/h7-9,11-12H,6,10H2,1-5H3. The molecule has 0 fully saturated rings. The molecular formula is C17H24O5. The Balaban J connectivity index is 3.12. The summed E-state index contributed by atoms with van der Waals surface area (Å²) in [7, 11) is 0. The summed E-state index contributed by atoms with van der Waals surface area (Å²) in [5.41, 5.74) is 0. The molecule has 5 nitrogen and oxygen atoms in total. The zero-order chi connectivity index (χ0) is 16.7. The summed E-state index contributed by atoms with van der Waals surface area (Å²) >= 11 is 0. The maximum Gasteiger partial charge on any atom is 0.314 e. The normalized spacial score (nSPS) is 10.7. The molecule has 0 unspecified atom stereocenters. The minimum Gasteiger partial charge on any atom is -0.490 e. The molecule has 0 aliphatic heterocycles. The third-order valence-corrected chi connectivity index (χ3v) is 2.76. The first-order valence-electron chi connectivity index (χ1n) is 7.56. The van der Waals surface area contributed by atoms with Crippen molar-refractivity contribution < 1.29 is 23.8 Å². The van der Waals surface area contributed by atoms with E-state index in [-0.39, 0.29) is 23.3 Å². The second-order valence-corrected chi connectivity index (χ2v) is 5.58. The predicted octanol–water partition coefficient (Wildman–Crippen LogP) is 3.60. The highest BCUT2D eigenvalue weighted by Gasteiger charge is 2.21. The van der Waals surface area contributed by atoms with Gasteiger partial charge in [-0.2, -0.15) is 0 Å². The summed E-state index contributed by atoms with van der Waals surface area (Å²) in [6.45, 7) is 9.39. The van der Waals surface area contributed by atoms with Gasteiger partial charge in [-0.3, -0.25) is 9.59 Å². The van der Waals surface area contributed by atoms with Gasteiger partial charge in [0.05, 0.1) is 18.4 Å². The highest BCUT2D eigenvalue weighted by molar-refractivity contribution is 5.79. The summed E-state index contributed by atoms with van der Waals surface area (Å²) in [6.07, 6.45) is 0.813. The Bertz CT molecular complexity index is 520. The van der Waals surface area contributed by atoms with Crippen molar-refractivity contribution in [2.45, 2.75) is 41.0 Å². The molecule has 1 rings (SSSR count). The van der Waals surface area contributed by atoms with Crippen molar-refractivity contribution >= 4 is 11.9 Å². The number of para-hydroxylation sites is 1. The molecule has 0 heterocycles. The zero-order valence-corrected chi connectivity index (χ0v) is 13.8. The monoisotopic (exact) mass is 308 g/mol. The molecule has 0 amide bonds. The predicted molar refractivity (Wildman–Crippen MR) is 83.2 cm³/mol. The molecule has 22 heavy (non-hydrogen) atoms. The average molecular weight is 308 g/mol. The van der Waals surface area contributed by atoms with Crippen molar-refractivity contribution in [2.75, 3.05) is 6.61 Å². The molecule has 1 aromatic carbocycles. The molecule has 0 aliphatic carbocycles. The average Bonchev–Trinajstić information content (AvgIpc) is 2.46. The van der Waals surface area contributed by atoms with Crippen molar-refractivity contribution in [3.63, 3.8) is 0 Å². The lowest BCUT2D eigenvalue weighted by Crippen LogP contribution is -2.19. The van der Waals surface area contributed by atoms with Gasteiger partial charge in [-0.15, -0.1) is 0 Å². The fourth-order valence-corrected chi connectivity index (χ4v) is 1.45. The molecule has 0 saturated heterocycles. The van der Waals surface area contributed by atoms with Crippen LogP contribution in [0.4, 0.5) is 0 Å². The second-order valence-electron chi connectivity index (χ2n) is 5.58. The fraction of sp³-hybridized carbons (Fsp3) is 0.529. The second kappa shape index (κ2) is 8.41. The number of ether oxygens (including phenoxy) is 3. The van der Waals surface area contributed by atoms with Crippen LogP contribution in [0.2, 0.25) is 0 Å². The van der Waals surface area contributed by atoms with Crippen LogP contribution in [0.5, 0.6) is 17.2 Å². The molecule has 0 atom stereocenters. The topological polar surface area (TPSA) is 61.8 Å². The Morgan fingerprint density at radius 3 is 2.05 bits per heavy atom. The molecule has 0 aliphatic rings. The zero-order valence-electron chi connectivity index (χ0n) is 13.8. The third kappa shape index (κ3) is 5.06. The number of hydrogen-bond acceptors (Lipinski definition) is 5. The molecule has 5 heteroatoms. The van der Waals surface area contributed by atoms with E-state index in [2.05, 4.69) is 0 Å². The van der Waals surface area contributed by atoms with Crippen LogP contribution in [0.15, 0.2) is 18.2 Å². The minimum absolute atomic E-state index is 0.156. The van der Waals surface area contributed by atoms with E-state index in [4.69, 9.17) is 14.2 Å². The lowest BCUT2D eigenvalue weighted by molar-refractivity contribution is -0.140. The van der Waals surface area contributed by atoms with E-state index in [1.165, 1.54) is 0 Å². The van der Waals surface area contributed by atoms with E-state index in [1.54, 1.807) is 45.9 Å². The van der Waals surface area contributed by atoms with Crippen LogP contribution in [0.1, 0.15) is 41.0 Å². The van der Waals surface area contributed by atoms with Gasteiger partial charge in [0.25, 0.3) is 0 Å². The Morgan fingerprint density at radius 2 is 1.50 bits per heavy atom. The quantitative estimate of drug-likeness (QED) is 0.569. The van der Waals surface area contributed by atoms with Gasteiger partial charge in [-0.1, -0.05) is 40.7 Å². The van der Waals surface area contributed by atoms with E-state index in [0.29, 0.717) is 12.4 Å². The number of carbonyl (C=O) groups excluding carboxylic acids is 2. The van der Waals surface area contributed by atoms with Crippen LogP contribution >= 0.6 is 0 Å². The Labute approximate surface area is 131 Å². The van der Waals surface area contributed by atoms with Crippen molar-refractivity contribution in [1.29, 1.82) is 0 Å². The van der Waals surface area contributed by atoms with Gasteiger partial charge in [0.2, 0.25) is 5.75 Å². The van der Waals surface area contributed by atoms with Gasteiger partial charge in [0.15, 0.2) is 11.5 Å². The van der Waals surface area contributed by atoms with E-state index in [0.717, 1.165) is 6.42 Å². The Morgan fingerprint density at radius 1 is 0.955 bits per heavy atom. The van der Waals surface area contributed by atoms with Gasteiger partial charge < -0.3 is 14.2 Å². The van der Waals surface area contributed by atoms with Crippen LogP contribution in [-0.2, 0) is 9.59 Å². The largest absolute Gasteiger partial charge is 0.490 e. The first-order valence-corrected chi connectivity index (χ1v) is 7.56. The molecular weight excluding hydrogens is 284 g/mol. The summed E-state index contributed by atoms with van der Waals surface area (Å²) in [5.74, 6) is -0.638. The number of hydrogen-bond donors (Lipinski definition) is 0. The van der Waals surface area contributed by atoms with Gasteiger partial charge in [0.1, 0.15) is 0 Å². The molecule has 0 aromatic heterocycles. The molecule has 0 N–H and O–H groups in total. The van der Waals surface area contributed by atoms with Crippen LogP contribution in [0.25, 0.3) is 0 Å². The molecule has 0 spiro atoms. The summed E-state index contributed by atoms with van der Waals surface area (Å²) in [5, 5.41) is 0. The lowest BCUT2D eigenvalue weighted by Gasteiger charge is -2.16. The van der Waals surface area contributed by atoms with Crippen LogP contribution in [0.3, 0.4) is 0 Å². The Kier molecular flexibility index (Phi) is 6.89. The van der Waals surface area contributed by atoms with E-state index < -0.39 is 11.9 Å². The Hall–Kier alpha value is -2.04. The third-order valence-electron chi connectivity index (χ3n) is 2.76.